The van der Waals surface area contributed by atoms with E-state index in [1.54, 1.807) is 0 Å². The molecule has 2 N–H and O–H groups in total. The summed E-state index contributed by atoms with van der Waals surface area (Å²) in [6.45, 7) is 3.83. The molecule has 1 aromatic carbocycles. The van der Waals surface area contributed by atoms with Crippen LogP contribution in [0.25, 0.3) is 0 Å². The van der Waals surface area contributed by atoms with Gasteiger partial charge in [-0.25, -0.2) is 0 Å². The molecule has 2 rings (SSSR count). The maximum atomic E-state index is 5.61. The zero-order chi connectivity index (χ0) is 11.4. The van der Waals surface area contributed by atoms with Crippen molar-refractivity contribution in [3.8, 4) is 0 Å². The first-order chi connectivity index (χ1) is 7.79. The van der Waals surface area contributed by atoms with Crippen molar-refractivity contribution in [3.05, 3.63) is 46.0 Å². The summed E-state index contributed by atoms with van der Waals surface area (Å²) in [6.07, 6.45) is 5.66. The molecule has 0 amide bonds. The van der Waals surface area contributed by atoms with Crippen LogP contribution in [0.4, 0.5) is 0 Å². The van der Waals surface area contributed by atoms with Gasteiger partial charge in [0.2, 0.25) is 0 Å². The van der Waals surface area contributed by atoms with Crippen LogP contribution in [0.3, 0.4) is 0 Å². The molecule has 0 aliphatic carbocycles. The van der Waals surface area contributed by atoms with Crippen LogP contribution >= 0.6 is 15.9 Å². The Balaban J connectivity index is 2.06. The molecule has 0 radical (unpaired) electrons. The second kappa shape index (κ2) is 5.62. The Morgan fingerprint density at radius 1 is 1.31 bits per heavy atom. The smallest absolute Gasteiger partial charge is 0.0248 e. The Hall–Kier alpha value is -0.640. The molecule has 3 heteroatoms. The van der Waals surface area contributed by atoms with Crippen molar-refractivity contribution in [2.75, 3.05) is 13.1 Å². The number of benzene rings is 1. The van der Waals surface area contributed by atoms with Crippen molar-refractivity contribution in [3.63, 3.8) is 0 Å². The van der Waals surface area contributed by atoms with E-state index < -0.39 is 0 Å². The highest BCUT2D eigenvalue weighted by Crippen LogP contribution is 2.21. The summed E-state index contributed by atoms with van der Waals surface area (Å²) in [5.74, 6) is 0. The third-order valence-corrected chi connectivity index (χ3v) is 3.63. The van der Waals surface area contributed by atoms with Crippen LogP contribution in [-0.4, -0.2) is 18.0 Å². The monoisotopic (exact) mass is 280 g/mol. The largest absolute Gasteiger partial charge is 0.326 e. The lowest BCUT2D eigenvalue weighted by molar-refractivity contribution is 0.290. The average Bonchev–Trinajstić information content (AvgIpc) is 2.33. The van der Waals surface area contributed by atoms with E-state index in [1.165, 1.54) is 22.0 Å². The fraction of sp³-hybridized carbons (Fsp3) is 0.385. The highest BCUT2D eigenvalue weighted by molar-refractivity contribution is 9.10. The summed E-state index contributed by atoms with van der Waals surface area (Å²) in [5, 5.41) is 0. The molecule has 0 unspecified atom stereocenters. The number of rotatable bonds is 3. The van der Waals surface area contributed by atoms with Crippen molar-refractivity contribution in [1.82, 2.24) is 4.90 Å². The van der Waals surface area contributed by atoms with Crippen molar-refractivity contribution >= 4 is 15.9 Å². The van der Waals surface area contributed by atoms with Crippen molar-refractivity contribution in [2.45, 2.75) is 19.5 Å². The third kappa shape index (κ3) is 2.94. The van der Waals surface area contributed by atoms with Gasteiger partial charge in [0.25, 0.3) is 0 Å². The highest BCUT2D eigenvalue weighted by atomic mass is 79.9. The number of nitrogens with two attached hydrogens (primary N) is 1. The first kappa shape index (κ1) is 11.8. The Morgan fingerprint density at radius 3 is 2.81 bits per heavy atom. The van der Waals surface area contributed by atoms with E-state index >= 15 is 0 Å². The maximum Gasteiger partial charge on any atom is 0.0248 e. The molecule has 1 heterocycles. The van der Waals surface area contributed by atoms with E-state index in [0.29, 0.717) is 6.54 Å². The molecule has 0 spiro atoms. The quantitative estimate of drug-likeness (QED) is 0.863. The molecule has 0 aromatic heterocycles. The number of halogens is 1. The van der Waals surface area contributed by atoms with Gasteiger partial charge in [-0.15, -0.1) is 0 Å². The standard InChI is InChI=1S/C13H17BrN2/c14-13-8-11(9-15)4-5-12(13)10-16-6-2-1-3-7-16/h1-2,4-5,8H,3,6-7,9-10,15H2. The molecule has 0 saturated carbocycles. The predicted molar refractivity (Wildman–Crippen MR) is 71.1 cm³/mol. The lowest BCUT2D eigenvalue weighted by Crippen LogP contribution is -2.26. The van der Waals surface area contributed by atoms with Crippen LogP contribution in [0.2, 0.25) is 0 Å². The van der Waals surface area contributed by atoms with Crippen molar-refractivity contribution in [1.29, 1.82) is 0 Å². The summed E-state index contributed by atoms with van der Waals surface area (Å²) < 4.78 is 1.17. The number of nitrogens with zero attached hydrogens (tertiary/aromatic N) is 1. The minimum atomic E-state index is 0.603. The molecule has 0 bridgehead atoms. The molecule has 1 aliphatic rings. The van der Waals surface area contributed by atoms with Crippen LogP contribution in [0.1, 0.15) is 17.5 Å². The van der Waals surface area contributed by atoms with E-state index in [2.05, 4.69) is 51.2 Å². The third-order valence-electron chi connectivity index (χ3n) is 2.89. The second-order valence-electron chi connectivity index (χ2n) is 4.13. The molecule has 16 heavy (non-hydrogen) atoms. The molecule has 2 nitrogen and oxygen atoms in total. The molecule has 0 atom stereocenters. The molecular weight excluding hydrogens is 264 g/mol. The fourth-order valence-corrected chi connectivity index (χ4v) is 2.47. The summed E-state index contributed by atoms with van der Waals surface area (Å²) in [5.41, 5.74) is 8.13. The van der Waals surface area contributed by atoms with Gasteiger partial charge in [0.05, 0.1) is 0 Å². The van der Waals surface area contributed by atoms with Gasteiger partial charge in [-0.3, -0.25) is 4.90 Å². The summed E-state index contributed by atoms with van der Waals surface area (Å²) in [4.78, 5) is 2.45. The fourth-order valence-electron chi connectivity index (χ4n) is 1.92. The second-order valence-corrected chi connectivity index (χ2v) is 4.98. The van der Waals surface area contributed by atoms with E-state index in [-0.39, 0.29) is 0 Å². The minimum Gasteiger partial charge on any atom is -0.326 e. The normalized spacial score (nSPS) is 16.6. The van der Waals surface area contributed by atoms with Gasteiger partial charge >= 0.3 is 0 Å². The van der Waals surface area contributed by atoms with Crippen LogP contribution in [0, 0.1) is 0 Å². The molecule has 0 fully saturated rings. The first-order valence-electron chi connectivity index (χ1n) is 5.64. The molecule has 86 valence electrons. The van der Waals surface area contributed by atoms with E-state index in [9.17, 15) is 0 Å². The van der Waals surface area contributed by atoms with Crippen molar-refractivity contribution < 1.29 is 0 Å². The first-order valence-corrected chi connectivity index (χ1v) is 6.43. The molecule has 0 saturated heterocycles. The summed E-state index contributed by atoms with van der Waals surface area (Å²) in [6, 6.07) is 6.40. The Kier molecular flexibility index (Phi) is 4.16. The van der Waals surface area contributed by atoms with Gasteiger partial charge in [-0.2, -0.15) is 0 Å². The molecular formula is C13H17BrN2. The van der Waals surface area contributed by atoms with Gasteiger partial charge in [0.1, 0.15) is 0 Å². The highest BCUT2D eigenvalue weighted by Gasteiger charge is 2.09. The van der Waals surface area contributed by atoms with Crippen LogP contribution in [-0.2, 0) is 13.1 Å². The topological polar surface area (TPSA) is 29.3 Å². The zero-order valence-corrected chi connectivity index (χ0v) is 10.9. The maximum absolute atomic E-state index is 5.61. The lowest BCUT2D eigenvalue weighted by atomic mass is 10.1. The Labute approximate surface area is 105 Å². The van der Waals surface area contributed by atoms with Crippen LogP contribution in [0.5, 0.6) is 0 Å². The number of hydrogen-bond acceptors (Lipinski definition) is 2. The Morgan fingerprint density at radius 2 is 2.19 bits per heavy atom. The molecule has 1 aromatic rings. The predicted octanol–water partition coefficient (Wildman–Crippen LogP) is 2.67. The van der Waals surface area contributed by atoms with Gasteiger partial charge in [0.15, 0.2) is 0 Å². The van der Waals surface area contributed by atoms with Crippen molar-refractivity contribution in [2.24, 2.45) is 5.73 Å². The van der Waals surface area contributed by atoms with Crippen LogP contribution in [0.15, 0.2) is 34.8 Å². The Bertz CT molecular complexity index is 388. The summed E-state index contributed by atoms with van der Waals surface area (Å²) >= 11 is 3.61. The lowest BCUT2D eigenvalue weighted by Gasteiger charge is -2.23. The van der Waals surface area contributed by atoms with Crippen LogP contribution < -0.4 is 5.73 Å². The SMILES string of the molecule is NCc1ccc(CN2CC=CCC2)c(Br)c1. The van der Waals surface area contributed by atoms with Gasteiger partial charge in [-0.1, -0.05) is 40.2 Å². The van der Waals surface area contributed by atoms with E-state index in [4.69, 9.17) is 5.73 Å². The van der Waals surface area contributed by atoms with Gasteiger partial charge in [0, 0.05) is 30.7 Å². The van der Waals surface area contributed by atoms with E-state index in [0.717, 1.165) is 19.6 Å². The van der Waals surface area contributed by atoms with Gasteiger partial charge in [-0.05, 0) is 23.6 Å². The van der Waals surface area contributed by atoms with Gasteiger partial charge < -0.3 is 5.73 Å². The summed E-state index contributed by atoms with van der Waals surface area (Å²) in [7, 11) is 0. The minimum absolute atomic E-state index is 0.603. The zero-order valence-electron chi connectivity index (χ0n) is 9.32. The average molecular weight is 281 g/mol. The van der Waals surface area contributed by atoms with E-state index in [1.807, 2.05) is 0 Å². The molecule has 1 aliphatic heterocycles. The number of hydrogen-bond donors (Lipinski definition) is 1.